The van der Waals surface area contributed by atoms with Crippen molar-refractivity contribution >= 4 is 17.6 Å². The van der Waals surface area contributed by atoms with Crippen LogP contribution in [0.1, 0.15) is 22.8 Å². The van der Waals surface area contributed by atoms with Crippen LogP contribution in [0.25, 0.3) is 0 Å². The number of aryl methyl sites for hydroxylation is 1. The molecule has 0 saturated heterocycles. The van der Waals surface area contributed by atoms with Gasteiger partial charge in [0.15, 0.2) is 0 Å². The van der Waals surface area contributed by atoms with Crippen molar-refractivity contribution in [3.8, 4) is 5.75 Å². The summed E-state index contributed by atoms with van der Waals surface area (Å²) in [6.45, 7) is 4.40. The number of hydrogen-bond acceptors (Lipinski definition) is 3. The molecule has 0 atom stereocenters. The summed E-state index contributed by atoms with van der Waals surface area (Å²) in [6.07, 6.45) is 0. The second kappa shape index (κ2) is 6.38. The van der Waals surface area contributed by atoms with Crippen LogP contribution in [0.4, 0.5) is 0 Å². The standard InChI is InChI=1S/C12H15ClO3/c1-3-15-12(14)10-8-9(2)4-5-11(10)16-7-6-13/h4-5,8H,3,6-7H2,1-2H3. The number of rotatable bonds is 5. The zero-order chi connectivity index (χ0) is 12.0. The van der Waals surface area contributed by atoms with Gasteiger partial charge in [-0.3, -0.25) is 0 Å². The fourth-order valence-corrected chi connectivity index (χ4v) is 1.36. The van der Waals surface area contributed by atoms with E-state index in [4.69, 9.17) is 21.1 Å². The topological polar surface area (TPSA) is 35.5 Å². The molecule has 0 heterocycles. The van der Waals surface area contributed by atoms with Crippen LogP contribution in [-0.4, -0.2) is 25.1 Å². The highest BCUT2D eigenvalue weighted by Gasteiger charge is 2.13. The lowest BCUT2D eigenvalue weighted by molar-refractivity contribution is 0.0522. The largest absolute Gasteiger partial charge is 0.491 e. The molecule has 0 N–H and O–H groups in total. The van der Waals surface area contributed by atoms with E-state index in [1.54, 1.807) is 19.1 Å². The molecule has 16 heavy (non-hydrogen) atoms. The molecule has 0 fully saturated rings. The normalized spacial score (nSPS) is 9.94. The molecule has 0 aliphatic carbocycles. The molecule has 0 saturated carbocycles. The van der Waals surface area contributed by atoms with Crippen LogP contribution in [0.3, 0.4) is 0 Å². The van der Waals surface area contributed by atoms with Gasteiger partial charge in [0, 0.05) is 0 Å². The third-order valence-corrected chi connectivity index (χ3v) is 2.12. The Balaban J connectivity index is 2.93. The first-order valence-corrected chi connectivity index (χ1v) is 5.69. The Bertz CT molecular complexity index is 363. The average molecular weight is 243 g/mol. The van der Waals surface area contributed by atoms with Crippen LogP contribution in [0, 0.1) is 6.92 Å². The van der Waals surface area contributed by atoms with E-state index in [0.29, 0.717) is 30.4 Å². The molecule has 1 rings (SSSR count). The van der Waals surface area contributed by atoms with Gasteiger partial charge >= 0.3 is 5.97 Å². The number of carbonyl (C=O) groups excluding carboxylic acids is 1. The summed E-state index contributed by atoms with van der Waals surface area (Å²) in [6, 6.07) is 5.39. The maximum absolute atomic E-state index is 11.6. The van der Waals surface area contributed by atoms with Gasteiger partial charge in [-0.05, 0) is 26.0 Å². The van der Waals surface area contributed by atoms with E-state index in [1.807, 2.05) is 13.0 Å². The second-order valence-corrected chi connectivity index (χ2v) is 3.64. The van der Waals surface area contributed by atoms with Crippen molar-refractivity contribution in [1.82, 2.24) is 0 Å². The summed E-state index contributed by atoms with van der Waals surface area (Å²) in [5, 5.41) is 0. The minimum Gasteiger partial charge on any atom is -0.491 e. The number of alkyl halides is 1. The molecule has 4 heteroatoms. The summed E-state index contributed by atoms with van der Waals surface area (Å²) in [7, 11) is 0. The Hall–Kier alpha value is -1.22. The number of ether oxygens (including phenoxy) is 2. The first-order valence-electron chi connectivity index (χ1n) is 5.15. The van der Waals surface area contributed by atoms with Gasteiger partial charge in [-0.15, -0.1) is 11.6 Å². The molecule has 3 nitrogen and oxygen atoms in total. The molecular formula is C12H15ClO3. The van der Waals surface area contributed by atoms with Crippen molar-refractivity contribution in [3.63, 3.8) is 0 Å². The fourth-order valence-electron chi connectivity index (χ4n) is 1.29. The quantitative estimate of drug-likeness (QED) is 0.588. The molecule has 0 aliphatic rings. The lowest BCUT2D eigenvalue weighted by Gasteiger charge is -2.10. The lowest BCUT2D eigenvalue weighted by atomic mass is 10.1. The van der Waals surface area contributed by atoms with Gasteiger partial charge < -0.3 is 9.47 Å². The van der Waals surface area contributed by atoms with Crippen LogP contribution in [0.15, 0.2) is 18.2 Å². The molecule has 1 aromatic rings. The van der Waals surface area contributed by atoms with E-state index in [2.05, 4.69) is 0 Å². The second-order valence-electron chi connectivity index (χ2n) is 3.26. The number of benzene rings is 1. The van der Waals surface area contributed by atoms with Gasteiger partial charge in [-0.25, -0.2) is 4.79 Å². The first-order chi connectivity index (χ1) is 7.69. The molecule has 0 unspecified atom stereocenters. The molecule has 0 bridgehead atoms. The number of esters is 1. The van der Waals surface area contributed by atoms with Crippen molar-refractivity contribution < 1.29 is 14.3 Å². The Morgan fingerprint density at radius 1 is 1.44 bits per heavy atom. The van der Waals surface area contributed by atoms with E-state index in [-0.39, 0.29) is 5.97 Å². The molecule has 0 aliphatic heterocycles. The number of carbonyl (C=O) groups is 1. The minimum absolute atomic E-state index is 0.349. The van der Waals surface area contributed by atoms with E-state index in [1.165, 1.54) is 0 Å². The summed E-state index contributed by atoms with van der Waals surface area (Å²) in [4.78, 5) is 11.6. The van der Waals surface area contributed by atoms with Gasteiger partial charge in [-0.1, -0.05) is 11.6 Å². The van der Waals surface area contributed by atoms with Crippen LogP contribution < -0.4 is 4.74 Å². The van der Waals surface area contributed by atoms with Gasteiger partial charge in [0.25, 0.3) is 0 Å². The lowest BCUT2D eigenvalue weighted by Crippen LogP contribution is -2.09. The Morgan fingerprint density at radius 3 is 2.81 bits per heavy atom. The minimum atomic E-state index is -0.365. The highest BCUT2D eigenvalue weighted by molar-refractivity contribution is 6.18. The third-order valence-electron chi connectivity index (χ3n) is 1.97. The van der Waals surface area contributed by atoms with Crippen molar-refractivity contribution in [3.05, 3.63) is 29.3 Å². The van der Waals surface area contributed by atoms with Crippen molar-refractivity contribution in [1.29, 1.82) is 0 Å². The molecule has 0 aromatic heterocycles. The van der Waals surface area contributed by atoms with E-state index < -0.39 is 0 Å². The van der Waals surface area contributed by atoms with Crippen molar-refractivity contribution in [2.45, 2.75) is 13.8 Å². The molecule has 1 aromatic carbocycles. The predicted octanol–water partition coefficient (Wildman–Crippen LogP) is 2.79. The zero-order valence-electron chi connectivity index (χ0n) is 9.46. The smallest absolute Gasteiger partial charge is 0.341 e. The molecule has 0 amide bonds. The Morgan fingerprint density at radius 2 is 2.19 bits per heavy atom. The number of hydrogen-bond donors (Lipinski definition) is 0. The highest BCUT2D eigenvalue weighted by atomic mass is 35.5. The summed E-state index contributed by atoms with van der Waals surface area (Å²) in [5.74, 6) is 0.538. The molecular weight excluding hydrogens is 228 g/mol. The van der Waals surface area contributed by atoms with Gasteiger partial charge in [-0.2, -0.15) is 0 Å². The van der Waals surface area contributed by atoms with Crippen LogP contribution in [-0.2, 0) is 4.74 Å². The molecule has 0 radical (unpaired) electrons. The summed E-state index contributed by atoms with van der Waals surface area (Å²) >= 11 is 5.53. The van der Waals surface area contributed by atoms with Gasteiger partial charge in [0.2, 0.25) is 0 Å². The maximum atomic E-state index is 11.6. The highest BCUT2D eigenvalue weighted by Crippen LogP contribution is 2.21. The fraction of sp³-hybridized carbons (Fsp3) is 0.417. The first kappa shape index (κ1) is 12.8. The van der Waals surface area contributed by atoms with E-state index >= 15 is 0 Å². The van der Waals surface area contributed by atoms with Gasteiger partial charge in [0.05, 0.1) is 12.5 Å². The SMILES string of the molecule is CCOC(=O)c1cc(C)ccc1OCCCl. The average Bonchev–Trinajstić information content (AvgIpc) is 2.27. The third kappa shape index (κ3) is 3.42. The van der Waals surface area contributed by atoms with Gasteiger partial charge in [0.1, 0.15) is 17.9 Å². The maximum Gasteiger partial charge on any atom is 0.341 e. The van der Waals surface area contributed by atoms with Crippen molar-refractivity contribution in [2.75, 3.05) is 19.1 Å². The Kier molecular flexibility index (Phi) is 5.12. The van der Waals surface area contributed by atoms with Crippen LogP contribution >= 0.6 is 11.6 Å². The summed E-state index contributed by atoms with van der Waals surface area (Å²) in [5.41, 5.74) is 1.44. The zero-order valence-corrected chi connectivity index (χ0v) is 10.2. The number of halogens is 1. The van der Waals surface area contributed by atoms with E-state index in [9.17, 15) is 4.79 Å². The monoisotopic (exact) mass is 242 g/mol. The molecule has 0 spiro atoms. The van der Waals surface area contributed by atoms with Crippen LogP contribution in [0.2, 0.25) is 0 Å². The predicted molar refractivity (Wildman–Crippen MR) is 63.4 cm³/mol. The van der Waals surface area contributed by atoms with E-state index in [0.717, 1.165) is 5.56 Å². The molecule has 88 valence electrons. The summed E-state index contributed by atoms with van der Waals surface area (Å²) < 4.78 is 10.3. The van der Waals surface area contributed by atoms with Crippen molar-refractivity contribution in [2.24, 2.45) is 0 Å². The Labute approximate surface area is 100 Å². The van der Waals surface area contributed by atoms with Crippen LogP contribution in [0.5, 0.6) is 5.75 Å².